The standard InChI is InChI=1S/C21H23N3O4/c1-14(19(25)24-12-11-16-9-5-6-10-18(16)24)28-20(26)17(23-21(22)27)13-15-7-3-2-4-8-15/h2-10,14,17H,11-13H2,1H3,(H3,22,23,27)/t14-,17+/m1/s1. The van der Waals surface area contributed by atoms with Crippen LogP contribution in [0.4, 0.5) is 10.5 Å². The zero-order valence-electron chi connectivity index (χ0n) is 15.6. The van der Waals surface area contributed by atoms with Crippen LogP contribution in [0.5, 0.6) is 0 Å². The van der Waals surface area contributed by atoms with Gasteiger partial charge in [-0.15, -0.1) is 0 Å². The largest absolute Gasteiger partial charge is 0.451 e. The fourth-order valence-electron chi connectivity index (χ4n) is 3.31. The Balaban J connectivity index is 1.67. The predicted octanol–water partition coefficient (Wildman–Crippen LogP) is 1.79. The number of nitrogens with two attached hydrogens (primary N) is 1. The first-order chi connectivity index (χ1) is 13.5. The number of carbonyl (C=O) groups is 3. The van der Waals surface area contributed by atoms with Crippen molar-refractivity contribution in [2.45, 2.75) is 31.9 Å². The molecule has 3 N–H and O–H groups in total. The number of esters is 1. The van der Waals surface area contributed by atoms with E-state index in [4.69, 9.17) is 10.5 Å². The number of para-hydroxylation sites is 1. The molecule has 28 heavy (non-hydrogen) atoms. The lowest BCUT2D eigenvalue weighted by Gasteiger charge is -2.24. The van der Waals surface area contributed by atoms with Crippen molar-refractivity contribution in [3.05, 3.63) is 65.7 Å². The lowest BCUT2D eigenvalue weighted by molar-refractivity contribution is -0.155. The Morgan fingerprint density at radius 1 is 1.11 bits per heavy atom. The number of fused-ring (bicyclic) bond motifs is 1. The normalized spacial score (nSPS) is 14.7. The first kappa shape index (κ1) is 19.4. The quantitative estimate of drug-likeness (QED) is 0.745. The van der Waals surface area contributed by atoms with Crippen LogP contribution >= 0.6 is 0 Å². The van der Waals surface area contributed by atoms with Gasteiger partial charge in [0.1, 0.15) is 6.04 Å². The summed E-state index contributed by atoms with van der Waals surface area (Å²) in [7, 11) is 0. The van der Waals surface area contributed by atoms with Crippen molar-refractivity contribution < 1.29 is 19.1 Å². The fraction of sp³-hybridized carbons (Fsp3) is 0.286. The molecule has 146 valence electrons. The third kappa shape index (κ3) is 4.49. The first-order valence-electron chi connectivity index (χ1n) is 9.15. The van der Waals surface area contributed by atoms with E-state index in [0.717, 1.165) is 23.2 Å². The van der Waals surface area contributed by atoms with Crippen molar-refractivity contribution in [2.24, 2.45) is 5.73 Å². The highest BCUT2D eigenvalue weighted by Gasteiger charge is 2.32. The molecule has 2 aromatic carbocycles. The highest BCUT2D eigenvalue weighted by Crippen LogP contribution is 2.28. The van der Waals surface area contributed by atoms with Crippen LogP contribution in [0.2, 0.25) is 0 Å². The number of urea groups is 1. The number of ether oxygens (including phenoxy) is 1. The molecular formula is C21H23N3O4. The van der Waals surface area contributed by atoms with Gasteiger partial charge in [-0.3, -0.25) is 4.79 Å². The van der Waals surface area contributed by atoms with Crippen LogP contribution in [-0.4, -0.2) is 36.6 Å². The molecule has 7 heteroatoms. The van der Waals surface area contributed by atoms with E-state index in [0.29, 0.717) is 6.54 Å². The average molecular weight is 381 g/mol. The van der Waals surface area contributed by atoms with Crippen LogP contribution in [-0.2, 0) is 27.2 Å². The third-order valence-corrected chi connectivity index (χ3v) is 4.68. The number of benzene rings is 2. The van der Waals surface area contributed by atoms with E-state index in [1.54, 1.807) is 4.90 Å². The van der Waals surface area contributed by atoms with Gasteiger partial charge in [0.25, 0.3) is 5.91 Å². The Morgan fingerprint density at radius 2 is 1.79 bits per heavy atom. The van der Waals surface area contributed by atoms with Gasteiger partial charge in [0, 0.05) is 18.7 Å². The smallest absolute Gasteiger partial charge is 0.329 e. The molecule has 0 spiro atoms. The van der Waals surface area contributed by atoms with E-state index in [1.807, 2.05) is 54.6 Å². The summed E-state index contributed by atoms with van der Waals surface area (Å²) in [6.45, 7) is 2.08. The number of amides is 3. The second-order valence-electron chi connectivity index (χ2n) is 6.70. The summed E-state index contributed by atoms with van der Waals surface area (Å²) >= 11 is 0. The zero-order chi connectivity index (χ0) is 20.1. The SMILES string of the molecule is C[C@@H](OC(=O)[C@H](Cc1ccccc1)NC(N)=O)C(=O)N1CCc2ccccc21. The van der Waals surface area contributed by atoms with E-state index in [-0.39, 0.29) is 12.3 Å². The van der Waals surface area contributed by atoms with E-state index < -0.39 is 24.1 Å². The Labute approximate surface area is 163 Å². The van der Waals surface area contributed by atoms with Gasteiger partial charge in [-0.05, 0) is 30.5 Å². The summed E-state index contributed by atoms with van der Waals surface area (Å²) in [6, 6.07) is 15.0. The van der Waals surface area contributed by atoms with Gasteiger partial charge >= 0.3 is 12.0 Å². The molecule has 3 rings (SSSR count). The van der Waals surface area contributed by atoms with Gasteiger partial charge in [0.05, 0.1) is 0 Å². The number of nitrogens with zero attached hydrogens (tertiary/aromatic N) is 1. The molecule has 0 radical (unpaired) electrons. The van der Waals surface area contributed by atoms with Crippen molar-refractivity contribution in [1.29, 1.82) is 0 Å². The number of hydrogen-bond acceptors (Lipinski definition) is 4. The monoisotopic (exact) mass is 381 g/mol. The number of hydrogen-bond donors (Lipinski definition) is 2. The minimum Gasteiger partial charge on any atom is -0.451 e. The van der Waals surface area contributed by atoms with Gasteiger partial charge in [-0.1, -0.05) is 48.5 Å². The van der Waals surface area contributed by atoms with Gasteiger partial charge < -0.3 is 20.7 Å². The summed E-state index contributed by atoms with van der Waals surface area (Å²) in [5.74, 6) is -0.994. The molecule has 0 saturated heterocycles. The van der Waals surface area contributed by atoms with Crippen molar-refractivity contribution in [3.8, 4) is 0 Å². The van der Waals surface area contributed by atoms with Crippen LogP contribution in [0.3, 0.4) is 0 Å². The van der Waals surface area contributed by atoms with Crippen molar-refractivity contribution >= 4 is 23.6 Å². The second kappa shape index (κ2) is 8.56. The van der Waals surface area contributed by atoms with Crippen LogP contribution < -0.4 is 16.0 Å². The molecule has 0 aromatic heterocycles. The average Bonchev–Trinajstić information content (AvgIpc) is 3.11. The molecule has 1 aliphatic rings. The van der Waals surface area contributed by atoms with Crippen molar-refractivity contribution in [3.63, 3.8) is 0 Å². The van der Waals surface area contributed by atoms with E-state index in [9.17, 15) is 14.4 Å². The Bertz CT molecular complexity index is 869. The lowest BCUT2D eigenvalue weighted by Crippen LogP contribution is -2.48. The number of nitrogens with one attached hydrogen (secondary N) is 1. The van der Waals surface area contributed by atoms with Gasteiger partial charge in [0.2, 0.25) is 0 Å². The lowest BCUT2D eigenvalue weighted by atomic mass is 10.1. The summed E-state index contributed by atoms with van der Waals surface area (Å²) < 4.78 is 5.37. The van der Waals surface area contributed by atoms with E-state index >= 15 is 0 Å². The number of carbonyl (C=O) groups excluding carboxylic acids is 3. The van der Waals surface area contributed by atoms with Crippen molar-refractivity contribution in [2.75, 3.05) is 11.4 Å². The number of primary amides is 1. The molecule has 2 aromatic rings. The molecular weight excluding hydrogens is 358 g/mol. The van der Waals surface area contributed by atoms with Gasteiger partial charge in [-0.2, -0.15) is 0 Å². The summed E-state index contributed by atoms with van der Waals surface area (Å²) in [6.07, 6.45) is 0.00464. The van der Waals surface area contributed by atoms with E-state index in [2.05, 4.69) is 5.32 Å². The highest BCUT2D eigenvalue weighted by molar-refractivity contribution is 5.99. The minimum atomic E-state index is -0.980. The molecule has 0 bridgehead atoms. The molecule has 3 amide bonds. The molecule has 2 atom stereocenters. The molecule has 1 aliphatic heterocycles. The Kier molecular flexibility index (Phi) is 5.93. The Hall–Kier alpha value is -3.35. The van der Waals surface area contributed by atoms with Crippen LogP contribution in [0.15, 0.2) is 54.6 Å². The summed E-state index contributed by atoms with van der Waals surface area (Å²) in [5.41, 5.74) is 7.96. The number of anilines is 1. The van der Waals surface area contributed by atoms with Crippen LogP contribution in [0.25, 0.3) is 0 Å². The summed E-state index contributed by atoms with van der Waals surface area (Å²) in [5, 5.41) is 2.40. The molecule has 0 unspecified atom stereocenters. The fourth-order valence-corrected chi connectivity index (χ4v) is 3.31. The summed E-state index contributed by atoms with van der Waals surface area (Å²) in [4.78, 5) is 38.3. The van der Waals surface area contributed by atoms with Crippen LogP contribution in [0.1, 0.15) is 18.1 Å². The molecule has 0 fully saturated rings. The minimum absolute atomic E-state index is 0.218. The van der Waals surface area contributed by atoms with E-state index in [1.165, 1.54) is 6.92 Å². The third-order valence-electron chi connectivity index (χ3n) is 4.68. The second-order valence-corrected chi connectivity index (χ2v) is 6.70. The molecule has 0 aliphatic carbocycles. The van der Waals surface area contributed by atoms with Crippen molar-refractivity contribution in [1.82, 2.24) is 5.32 Å². The number of rotatable bonds is 6. The molecule has 7 nitrogen and oxygen atoms in total. The maximum absolute atomic E-state index is 12.8. The topological polar surface area (TPSA) is 102 Å². The maximum Gasteiger partial charge on any atom is 0.329 e. The van der Waals surface area contributed by atoms with Crippen LogP contribution in [0, 0.1) is 0 Å². The Morgan fingerprint density at radius 3 is 2.50 bits per heavy atom. The zero-order valence-corrected chi connectivity index (χ0v) is 15.6. The predicted molar refractivity (Wildman–Crippen MR) is 105 cm³/mol. The van der Waals surface area contributed by atoms with Gasteiger partial charge in [-0.25, -0.2) is 9.59 Å². The highest BCUT2D eigenvalue weighted by atomic mass is 16.5. The molecule has 0 saturated carbocycles. The first-order valence-corrected chi connectivity index (χ1v) is 9.15. The molecule has 1 heterocycles. The van der Waals surface area contributed by atoms with Gasteiger partial charge in [0.15, 0.2) is 6.10 Å². The maximum atomic E-state index is 12.8.